The largest absolute Gasteiger partial charge is 0.477 e. The van der Waals surface area contributed by atoms with Crippen molar-refractivity contribution >= 4 is 57.7 Å². The molecule has 38 heavy (non-hydrogen) atoms. The number of thiazole rings is 1. The molecule has 4 rings (SSSR count). The Labute approximate surface area is 228 Å². The highest BCUT2D eigenvalue weighted by Gasteiger charge is 2.54. The molecule has 0 radical (unpaired) electrons. The normalized spacial score (nSPS) is 22.2. The molecule has 2 atom stereocenters. The number of fused-ring (bicyclic) bond motifs is 1. The molecule has 1 saturated carbocycles. The summed E-state index contributed by atoms with van der Waals surface area (Å²) in [5, 5.41) is 25.8. The van der Waals surface area contributed by atoms with Crippen LogP contribution in [0.2, 0.25) is 0 Å². The van der Waals surface area contributed by atoms with Gasteiger partial charge in [-0.1, -0.05) is 31.8 Å². The number of carboxylic acids is 1. The van der Waals surface area contributed by atoms with E-state index >= 15 is 0 Å². The lowest BCUT2D eigenvalue weighted by Crippen LogP contribution is -2.70. The monoisotopic (exact) mass is 564 g/mol. The number of nitrogens with one attached hydrogen (secondary N) is 2. The first-order valence-electron chi connectivity index (χ1n) is 12.5. The molecule has 3 aliphatic rings. The van der Waals surface area contributed by atoms with Gasteiger partial charge in [-0.3, -0.25) is 19.8 Å². The summed E-state index contributed by atoms with van der Waals surface area (Å²) in [5.41, 5.74) is 0.0277. The third kappa shape index (κ3) is 6.21. The minimum atomic E-state index is -1.29. The Bertz CT molecular complexity index is 1180. The van der Waals surface area contributed by atoms with E-state index in [1.165, 1.54) is 11.8 Å². The molecule has 4 N–H and O–H groups in total. The number of thioether (sulfide) groups is 1. The number of aliphatic hydroxyl groups is 1. The van der Waals surface area contributed by atoms with Gasteiger partial charge in [0, 0.05) is 11.1 Å². The van der Waals surface area contributed by atoms with Crippen LogP contribution in [-0.4, -0.2) is 73.4 Å². The van der Waals surface area contributed by atoms with E-state index in [0.717, 1.165) is 41.9 Å². The van der Waals surface area contributed by atoms with E-state index in [2.05, 4.69) is 15.6 Å². The summed E-state index contributed by atoms with van der Waals surface area (Å²) in [5.74, 6) is -1.62. The van der Waals surface area contributed by atoms with Crippen molar-refractivity contribution in [2.24, 2.45) is 5.92 Å². The van der Waals surface area contributed by atoms with Crippen LogP contribution in [0, 0.1) is 5.92 Å². The van der Waals surface area contributed by atoms with Gasteiger partial charge in [0.05, 0.1) is 17.9 Å². The molecular weight excluding hydrogens is 532 g/mol. The highest BCUT2D eigenvalue weighted by Crippen LogP contribution is 2.40. The molecule has 11 nitrogen and oxygen atoms in total. The molecule has 0 spiro atoms. The number of aliphatic hydroxyl groups excluding tert-OH is 1. The fraction of sp³-hybridized carbons (Fsp3) is 0.560. The number of rotatable bonds is 8. The van der Waals surface area contributed by atoms with E-state index in [1.54, 1.807) is 26.2 Å². The van der Waals surface area contributed by atoms with Gasteiger partial charge >= 0.3 is 12.1 Å². The van der Waals surface area contributed by atoms with E-state index in [4.69, 9.17) is 4.74 Å². The van der Waals surface area contributed by atoms with Crippen molar-refractivity contribution in [3.63, 3.8) is 0 Å². The molecule has 2 aliphatic heterocycles. The van der Waals surface area contributed by atoms with Gasteiger partial charge in [0.25, 0.3) is 11.8 Å². The SMILES string of the molecule is CC(C)(C)OC(=O)Nc1nc(C(=CCC2CCCC2)C(=O)N[C@@H]2C(=O)N3C(C(=O)O)=C(CO)CS[C@H]23)cs1. The average Bonchev–Trinajstić information content (AvgIpc) is 3.52. The highest BCUT2D eigenvalue weighted by atomic mass is 32.2. The van der Waals surface area contributed by atoms with Crippen LogP contribution in [0.1, 0.15) is 58.6 Å². The number of carbonyl (C=O) groups is 4. The second-order valence-electron chi connectivity index (χ2n) is 10.4. The lowest BCUT2D eigenvalue weighted by atomic mass is 9.99. The van der Waals surface area contributed by atoms with E-state index in [-0.39, 0.29) is 22.2 Å². The number of allylic oxidation sites excluding steroid dienone is 1. The Morgan fingerprint density at radius 1 is 1.26 bits per heavy atom. The van der Waals surface area contributed by atoms with Crippen LogP contribution in [0.25, 0.3) is 5.57 Å². The van der Waals surface area contributed by atoms with Crippen LogP contribution in [0.3, 0.4) is 0 Å². The fourth-order valence-corrected chi connectivity index (χ4v) is 6.75. The number of amides is 3. The van der Waals surface area contributed by atoms with Crippen molar-refractivity contribution in [3.8, 4) is 0 Å². The number of aliphatic carboxylic acids is 1. The van der Waals surface area contributed by atoms with Crippen LogP contribution in [0.15, 0.2) is 22.7 Å². The zero-order valence-corrected chi connectivity index (χ0v) is 23.1. The van der Waals surface area contributed by atoms with Gasteiger partial charge in [0.15, 0.2) is 5.13 Å². The number of nitrogens with zero attached hydrogens (tertiary/aromatic N) is 2. The Balaban J connectivity index is 1.51. The van der Waals surface area contributed by atoms with Crippen molar-refractivity contribution in [1.29, 1.82) is 0 Å². The molecule has 1 saturated heterocycles. The third-order valence-corrected chi connectivity index (χ3v) is 8.59. The quantitative estimate of drug-likeness (QED) is 0.275. The minimum absolute atomic E-state index is 0.221. The summed E-state index contributed by atoms with van der Waals surface area (Å²) >= 11 is 2.45. The van der Waals surface area contributed by atoms with Crippen LogP contribution in [-0.2, 0) is 19.1 Å². The first kappa shape index (κ1) is 28.1. The van der Waals surface area contributed by atoms with Crippen molar-refractivity contribution < 1.29 is 34.1 Å². The summed E-state index contributed by atoms with van der Waals surface area (Å²) in [6.45, 7) is 4.80. The van der Waals surface area contributed by atoms with Crippen LogP contribution in [0.5, 0.6) is 0 Å². The van der Waals surface area contributed by atoms with Crippen LogP contribution >= 0.6 is 23.1 Å². The number of aromatic nitrogens is 1. The van der Waals surface area contributed by atoms with Crippen molar-refractivity contribution in [1.82, 2.24) is 15.2 Å². The maximum Gasteiger partial charge on any atom is 0.413 e. The summed E-state index contributed by atoms with van der Waals surface area (Å²) in [6.07, 6.45) is 6.34. The number of hydrogen-bond acceptors (Lipinski definition) is 9. The predicted molar refractivity (Wildman–Crippen MR) is 143 cm³/mol. The van der Waals surface area contributed by atoms with Gasteiger partial charge in [0.1, 0.15) is 22.7 Å². The number of hydrogen-bond donors (Lipinski definition) is 4. The van der Waals surface area contributed by atoms with E-state index in [9.17, 15) is 29.4 Å². The molecule has 13 heteroatoms. The molecule has 3 heterocycles. The van der Waals surface area contributed by atoms with Crippen molar-refractivity contribution in [2.45, 2.75) is 69.9 Å². The fourth-order valence-electron chi connectivity index (χ4n) is 4.71. The molecular formula is C25H32N4O7S2. The smallest absolute Gasteiger partial charge is 0.413 e. The molecule has 0 bridgehead atoms. The highest BCUT2D eigenvalue weighted by molar-refractivity contribution is 8.00. The second-order valence-corrected chi connectivity index (χ2v) is 12.4. The van der Waals surface area contributed by atoms with Gasteiger partial charge in [-0.15, -0.1) is 23.1 Å². The topological polar surface area (TPSA) is 158 Å². The van der Waals surface area contributed by atoms with Gasteiger partial charge < -0.3 is 20.3 Å². The van der Waals surface area contributed by atoms with E-state index in [0.29, 0.717) is 23.6 Å². The third-order valence-electron chi connectivity index (χ3n) is 6.49. The van der Waals surface area contributed by atoms with Gasteiger partial charge in [-0.25, -0.2) is 14.6 Å². The van der Waals surface area contributed by atoms with Crippen molar-refractivity contribution in [2.75, 3.05) is 17.7 Å². The Hall–Kier alpha value is -2.90. The number of carbonyl (C=O) groups excluding carboxylic acids is 3. The number of carboxylic acid groups (broad SMARTS) is 1. The maximum absolute atomic E-state index is 13.5. The predicted octanol–water partition coefficient (Wildman–Crippen LogP) is 3.18. The zero-order valence-electron chi connectivity index (χ0n) is 21.5. The zero-order chi connectivity index (χ0) is 27.6. The maximum atomic E-state index is 13.5. The lowest BCUT2D eigenvalue weighted by Gasteiger charge is -2.49. The molecule has 1 aliphatic carbocycles. The second kappa shape index (κ2) is 11.5. The molecule has 206 valence electrons. The van der Waals surface area contributed by atoms with Gasteiger partial charge in [0.2, 0.25) is 0 Å². The van der Waals surface area contributed by atoms with Gasteiger partial charge in [-0.05, 0) is 38.7 Å². The first-order chi connectivity index (χ1) is 18.0. The molecule has 1 aromatic heterocycles. The lowest BCUT2D eigenvalue weighted by molar-refractivity contribution is -0.150. The molecule has 0 unspecified atom stereocenters. The summed E-state index contributed by atoms with van der Waals surface area (Å²) in [7, 11) is 0. The molecule has 1 aromatic rings. The van der Waals surface area contributed by atoms with E-state index in [1.807, 2.05) is 6.08 Å². The minimum Gasteiger partial charge on any atom is -0.477 e. The molecule has 0 aromatic carbocycles. The summed E-state index contributed by atoms with van der Waals surface area (Å²) in [4.78, 5) is 55.8. The van der Waals surface area contributed by atoms with Gasteiger partial charge in [-0.2, -0.15) is 0 Å². The van der Waals surface area contributed by atoms with Crippen molar-refractivity contribution in [3.05, 3.63) is 28.4 Å². The van der Waals surface area contributed by atoms with Crippen LogP contribution < -0.4 is 10.6 Å². The number of anilines is 1. The molecule has 3 amide bonds. The summed E-state index contributed by atoms with van der Waals surface area (Å²) < 4.78 is 5.27. The summed E-state index contributed by atoms with van der Waals surface area (Å²) in [6, 6.07) is -0.907. The van der Waals surface area contributed by atoms with Crippen LogP contribution in [0.4, 0.5) is 9.93 Å². The molecule has 2 fully saturated rings. The number of β-lactam (4-membered cyclic amide) rings is 1. The standard InChI is InChI=1S/C25H32N4O7S2/c1-25(2,3)36-24(35)28-23-26-16(12-38-23)15(9-8-13-6-4-5-7-13)19(31)27-17-20(32)29-18(22(33)34)14(10-30)11-37-21(17)29/h9,12-13,17,21,30H,4-8,10-11H2,1-3H3,(H,27,31)(H,33,34)(H,26,28,35)/t17-,21-/m1/s1. The Kier molecular flexibility index (Phi) is 8.48. The first-order valence-corrected chi connectivity index (χ1v) is 14.4. The Morgan fingerprint density at radius 2 is 1.97 bits per heavy atom. The number of ether oxygens (including phenoxy) is 1. The average molecular weight is 565 g/mol. The Morgan fingerprint density at radius 3 is 2.61 bits per heavy atom. The van der Waals surface area contributed by atoms with E-state index < -0.39 is 47.5 Å².